The Bertz CT molecular complexity index is 1320. The minimum Gasteiger partial charge on any atom is -0.486 e. The van der Waals surface area contributed by atoms with Crippen molar-refractivity contribution in [2.24, 2.45) is 0 Å². The maximum atomic E-state index is 12.4. The van der Waals surface area contributed by atoms with Gasteiger partial charge in [0.15, 0.2) is 11.5 Å². The minimum atomic E-state index is -0.870. The van der Waals surface area contributed by atoms with Gasteiger partial charge in [-0.25, -0.2) is 0 Å². The van der Waals surface area contributed by atoms with E-state index >= 15 is 0 Å². The van der Waals surface area contributed by atoms with Gasteiger partial charge in [0.1, 0.15) is 18.7 Å². The summed E-state index contributed by atoms with van der Waals surface area (Å²) < 4.78 is 11.3. The van der Waals surface area contributed by atoms with Gasteiger partial charge in [0.2, 0.25) is 0 Å². The highest BCUT2D eigenvalue weighted by atomic mass is 16.6. The molecule has 0 spiro atoms. The predicted octanol–water partition coefficient (Wildman–Crippen LogP) is 3.46. The second-order valence-corrected chi connectivity index (χ2v) is 7.03. The van der Waals surface area contributed by atoms with Crippen LogP contribution in [0.1, 0.15) is 12.0 Å². The number of aryl methyl sites for hydroxylation is 1. The number of hydrogen-bond acceptors (Lipinski definition) is 4. The van der Waals surface area contributed by atoms with Crippen LogP contribution < -0.4 is 15.0 Å². The number of aromatic nitrogens is 2. The fraction of sp³-hybridized carbons (Fsp3) is 0.182. The van der Waals surface area contributed by atoms with Gasteiger partial charge in [-0.1, -0.05) is 12.1 Å². The second kappa shape index (κ2) is 6.70. The lowest BCUT2D eigenvalue weighted by Gasteiger charge is -2.19. The van der Waals surface area contributed by atoms with E-state index in [2.05, 4.69) is 9.97 Å². The molecule has 0 saturated heterocycles. The van der Waals surface area contributed by atoms with Gasteiger partial charge in [-0.2, -0.15) is 0 Å². The topological polar surface area (TPSA) is 104 Å². The normalized spacial score (nSPS) is 13.1. The van der Waals surface area contributed by atoms with Gasteiger partial charge in [0.05, 0.1) is 0 Å². The van der Waals surface area contributed by atoms with E-state index in [4.69, 9.17) is 14.6 Å². The summed E-state index contributed by atoms with van der Waals surface area (Å²) in [6.07, 6.45) is 2.07. The number of hydrogen-bond donors (Lipinski definition) is 3. The Labute approximate surface area is 164 Å². The van der Waals surface area contributed by atoms with Crippen molar-refractivity contribution in [3.63, 3.8) is 0 Å². The highest BCUT2D eigenvalue weighted by molar-refractivity contribution is 6.07. The molecule has 4 aromatic rings. The van der Waals surface area contributed by atoms with Gasteiger partial charge in [0.25, 0.3) is 5.56 Å². The number of nitrogens with one attached hydrogen (secondary N) is 2. The van der Waals surface area contributed by atoms with Crippen LogP contribution in [0.4, 0.5) is 0 Å². The standard InChI is InChI=1S/C22H18N2O5/c25-19(26)6-3-14-11-23-21-20(14)15-9-12(1-4-16(15)24-22(21)27)13-2-5-17-18(10-13)29-8-7-28-17/h1-2,4-5,9-11,23H,3,6-8H2,(H,24,27)(H,25,26). The van der Waals surface area contributed by atoms with E-state index in [1.807, 2.05) is 36.4 Å². The average Bonchev–Trinajstić information content (AvgIpc) is 3.17. The number of carboxylic acid groups (broad SMARTS) is 1. The lowest BCUT2D eigenvalue weighted by molar-refractivity contribution is -0.136. The fourth-order valence-corrected chi connectivity index (χ4v) is 3.84. The van der Waals surface area contributed by atoms with Crippen molar-refractivity contribution in [2.45, 2.75) is 12.8 Å². The number of rotatable bonds is 4. The Balaban J connectivity index is 1.68. The summed E-state index contributed by atoms with van der Waals surface area (Å²) in [5.41, 5.74) is 3.70. The van der Waals surface area contributed by atoms with Crippen molar-refractivity contribution >= 4 is 27.8 Å². The number of carbonyl (C=O) groups is 1. The predicted molar refractivity (Wildman–Crippen MR) is 109 cm³/mol. The zero-order valence-electron chi connectivity index (χ0n) is 15.5. The van der Waals surface area contributed by atoms with Gasteiger partial charge in [-0.3, -0.25) is 9.59 Å². The summed E-state index contributed by atoms with van der Waals surface area (Å²) in [6, 6.07) is 11.6. The first-order chi connectivity index (χ1) is 14.1. The monoisotopic (exact) mass is 390 g/mol. The number of benzene rings is 2. The Hall–Kier alpha value is -3.74. The minimum absolute atomic E-state index is 0.00307. The molecule has 0 amide bonds. The molecule has 0 fully saturated rings. The van der Waals surface area contributed by atoms with Gasteiger partial charge < -0.3 is 24.5 Å². The van der Waals surface area contributed by atoms with Crippen LogP contribution in [0.2, 0.25) is 0 Å². The van der Waals surface area contributed by atoms with E-state index < -0.39 is 5.97 Å². The van der Waals surface area contributed by atoms with Crippen molar-refractivity contribution in [3.05, 3.63) is 58.5 Å². The van der Waals surface area contributed by atoms with E-state index in [-0.39, 0.29) is 12.0 Å². The first-order valence-electron chi connectivity index (χ1n) is 9.38. The van der Waals surface area contributed by atoms with Crippen LogP contribution in [-0.4, -0.2) is 34.3 Å². The molecule has 0 unspecified atom stereocenters. The first-order valence-corrected chi connectivity index (χ1v) is 9.38. The van der Waals surface area contributed by atoms with Crippen LogP contribution in [-0.2, 0) is 11.2 Å². The van der Waals surface area contributed by atoms with E-state index in [1.165, 1.54) is 0 Å². The van der Waals surface area contributed by atoms with E-state index in [0.29, 0.717) is 36.4 Å². The molecule has 3 N–H and O–H groups in total. The van der Waals surface area contributed by atoms with Crippen LogP contribution in [0.15, 0.2) is 47.4 Å². The summed E-state index contributed by atoms with van der Waals surface area (Å²) in [5.74, 6) is 0.573. The number of aliphatic carboxylic acids is 1. The highest BCUT2D eigenvalue weighted by Gasteiger charge is 2.15. The van der Waals surface area contributed by atoms with Crippen LogP contribution in [0, 0.1) is 0 Å². The zero-order valence-corrected chi connectivity index (χ0v) is 15.5. The Kier molecular flexibility index (Phi) is 4.01. The maximum absolute atomic E-state index is 12.4. The Morgan fingerprint density at radius 3 is 2.62 bits per heavy atom. The number of H-pyrrole nitrogens is 2. The molecule has 29 heavy (non-hydrogen) atoms. The van der Waals surface area contributed by atoms with Crippen molar-refractivity contribution in [1.82, 2.24) is 9.97 Å². The van der Waals surface area contributed by atoms with E-state index in [0.717, 1.165) is 33.2 Å². The Morgan fingerprint density at radius 2 is 1.79 bits per heavy atom. The molecule has 2 aromatic heterocycles. The molecule has 0 bridgehead atoms. The van der Waals surface area contributed by atoms with E-state index in [1.54, 1.807) is 6.20 Å². The number of pyridine rings is 1. The van der Waals surface area contributed by atoms with Crippen molar-refractivity contribution in [3.8, 4) is 22.6 Å². The second-order valence-electron chi connectivity index (χ2n) is 7.03. The third-order valence-electron chi connectivity index (χ3n) is 5.21. The molecule has 1 aliphatic heterocycles. The molecule has 7 heteroatoms. The third kappa shape index (κ3) is 3.00. The molecule has 0 saturated carbocycles. The maximum Gasteiger partial charge on any atom is 0.303 e. The molecule has 7 nitrogen and oxygen atoms in total. The van der Waals surface area contributed by atoms with Gasteiger partial charge in [0, 0.05) is 28.9 Å². The third-order valence-corrected chi connectivity index (χ3v) is 5.21. The molecular weight excluding hydrogens is 372 g/mol. The lowest BCUT2D eigenvalue weighted by Crippen LogP contribution is -2.15. The molecule has 3 heterocycles. The summed E-state index contributed by atoms with van der Waals surface area (Å²) in [5, 5.41) is 10.7. The molecule has 1 aliphatic rings. The summed E-state index contributed by atoms with van der Waals surface area (Å²) >= 11 is 0. The molecule has 2 aromatic carbocycles. The van der Waals surface area contributed by atoms with Gasteiger partial charge in [-0.05, 0) is 47.4 Å². The molecule has 146 valence electrons. The van der Waals surface area contributed by atoms with Gasteiger partial charge in [-0.15, -0.1) is 0 Å². The quantitative estimate of drug-likeness (QED) is 0.495. The number of fused-ring (bicyclic) bond motifs is 4. The zero-order chi connectivity index (χ0) is 20.0. The number of carboxylic acids is 1. The average molecular weight is 390 g/mol. The van der Waals surface area contributed by atoms with Crippen molar-refractivity contribution in [1.29, 1.82) is 0 Å². The Morgan fingerprint density at radius 1 is 1.03 bits per heavy atom. The van der Waals surface area contributed by atoms with Crippen molar-refractivity contribution < 1.29 is 19.4 Å². The lowest BCUT2D eigenvalue weighted by atomic mass is 9.99. The van der Waals surface area contributed by atoms with Crippen LogP contribution in [0.3, 0.4) is 0 Å². The molecule has 0 aliphatic carbocycles. The summed E-state index contributed by atoms with van der Waals surface area (Å²) in [6.45, 7) is 1.06. The molecule has 0 radical (unpaired) electrons. The number of ether oxygens (including phenoxy) is 2. The SMILES string of the molecule is O=C(O)CCc1c[nH]c2c(=O)[nH]c3ccc(-c4ccc5c(c4)OCCO5)cc3c12. The molecule has 5 rings (SSSR count). The van der Waals surface area contributed by atoms with Crippen LogP contribution in [0.25, 0.3) is 32.9 Å². The van der Waals surface area contributed by atoms with Crippen LogP contribution in [0.5, 0.6) is 11.5 Å². The summed E-state index contributed by atoms with van der Waals surface area (Å²) in [4.78, 5) is 29.3. The van der Waals surface area contributed by atoms with Gasteiger partial charge >= 0.3 is 5.97 Å². The fourth-order valence-electron chi connectivity index (χ4n) is 3.84. The number of aromatic amines is 2. The smallest absolute Gasteiger partial charge is 0.303 e. The summed E-state index contributed by atoms with van der Waals surface area (Å²) in [7, 11) is 0. The van der Waals surface area contributed by atoms with Crippen molar-refractivity contribution in [2.75, 3.05) is 13.2 Å². The largest absolute Gasteiger partial charge is 0.486 e. The first kappa shape index (κ1) is 17.4. The highest BCUT2D eigenvalue weighted by Crippen LogP contribution is 2.36. The molecule has 0 atom stereocenters. The van der Waals surface area contributed by atoms with E-state index in [9.17, 15) is 9.59 Å². The molecular formula is C22H18N2O5. The van der Waals surface area contributed by atoms with Crippen LogP contribution >= 0.6 is 0 Å².